The highest BCUT2D eigenvalue weighted by Crippen LogP contribution is 2.30. The number of rotatable bonds is 5. The molecule has 1 fully saturated rings. The van der Waals surface area contributed by atoms with E-state index in [9.17, 15) is 0 Å². The Balaban J connectivity index is 2.06. The highest BCUT2D eigenvalue weighted by molar-refractivity contribution is 5.35. The van der Waals surface area contributed by atoms with E-state index in [0.717, 1.165) is 24.2 Å². The van der Waals surface area contributed by atoms with Gasteiger partial charge in [-0.2, -0.15) is 0 Å². The number of methoxy groups -OCH3 is 1. The monoisotopic (exact) mass is 263 g/mol. The van der Waals surface area contributed by atoms with Crippen molar-refractivity contribution < 1.29 is 9.47 Å². The fraction of sp³-hybridized carbons (Fsp3) is 0.625. The Morgan fingerprint density at radius 3 is 2.47 bits per heavy atom. The van der Waals surface area contributed by atoms with Gasteiger partial charge in [0.05, 0.1) is 19.3 Å². The molecule has 1 unspecified atom stereocenters. The van der Waals surface area contributed by atoms with E-state index >= 15 is 0 Å². The third kappa shape index (κ3) is 3.95. The summed E-state index contributed by atoms with van der Waals surface area (Å²) in [4.78, 5) is 0. The first-order valence-electron chi connectivity index (χ1n) is 7.33. The fourth-order valence-corrected chi connectivity index (χ4v) is 2.80. The van der Waals surface area contributed by atoms with Crippen LogP contribution >= 0.6 is 0 Å². The molecule has 2 rings (SSSR count). The number of hydrogen-bond acceptors (Lipinski definition) is 3. The molecule has 3 heteroatoms. The van der Waals surface area contributed by atoms with Crippen molar-refractivity contribution in [2.45, 2.75) is 50.7 Å². The zero-order valence-corrected chi connectivity index (χ0v) is 11.8. The second-order valence-corrected chi connectivity index (χ2v) is 5.22. The van der Waals surface area contributed by atoms with Gasteiger partial charge in [0.15, 0.2) is 0 Å². The first-order valence-corrected chi connectivity index (χ1v) is 7.33. The van der Waals surface area contributed by atoms with E-state index in [0.29, 0.717) is 12.6 Å². The second kappa shape index (κ2) is 7.51. The zero-order valence-electron chi connectivity index (χ0n) is 11.8. The molecule has 0 aliphatic heterocycles. The third-order valence-electron chi connectivity index (χ3n) is 3.86. The van der Waals surface area contributed by atoms with Crippen LogP contribution in [0.2, 0.25) is 0 Å². The molecule has 0 amide bonds. The Morgan fingerprint density at radius 1 is 1.16 bits per heavy atom. The van der Waals surface area contributed by atoms with Crippen molar-refractivity contribution in [1.29, 1.82) is 0 Å². The number of nitrogens with two attached hydrogens (primary N) is 1. The van der Waals surface area contributed by atoms with Crippen LogP contribution in [0.1, 0.15) is 50.2 Å². The highest BCUT2D eigenvalue weighted by Gasteiger charge is 2.21. The maximum Gasteiger partial charge on any atom is 0.124 e. The number of ether oxygens (including phenoxy) is 2. The Hall–Kier alpha value is -1.06. The van der Waals surface area contributed by atoms with Gasteiger partial charge in [-0.25, -0.2) is 0 Å². The van der Waals surface area contributed by atoms with Gasteiger partial charge in [-0.3, -0.25) is 0 Å². The number of para-hydroxylation sites is 1. The van der Waals surface area contributed by atoms with Crippen molar-refractivity contribution in [3.05, 3.63) is 29.8 Å². The molecule has 0 aromatic heterocycles. The predicted octanol–water partition coefficient (Wildman–Crippen LogP) is 3.43. The van der Waals surface area contributed by atoms with Crippen LogP contribution < -0.4 is 10.5 Å². The van der Waals surface area contributed by atoms with E-state index in [-0.39, 0.29) is 6.10 Å². The summed E-state index contributed by atoms with van der Waals surface area (Å²) < 4.78 is 11.7. The molecule has 106 valence electrons. The van der Waals surface area contributed by atoms with Crippen molar-refractivity contribution >= 4 is 0 Å². The van der Waals surface area contributed by atoms with E-state index in [1.165, 1.54) is 25.7 Å². The number of benzene rings is 1. The highest BCUT2D eigenvalue weighted by atomic mass is 16.5. The minimum Gasteiger partial charge on any atom is -0.496 e. The van der Waals surface area contributed by atoms with E-state index in [1.54, 1.807) is 7.11 Å². The number of hydrogen-bond donors (Lipinski definition) is 1. The van der Waals surface area contributed by atoms with Gasteiger partial charge >= 0.3 is 0 Å². The van der Waals surface area contributed by atoms with Gasteiger partial charge < -0.3 is 15.2 Å². The van der Waals surface area contributed by atoms with Crippen molar-refractivity contribution in [3.63, 3.8) is 0 Å². The lowest BCUT2D eigenvalue weighted by atomic mass is 10.1. The second-order valence-electron chi connectivity index (χ2n) is 5.22. The lowest BCUT2D eigenvalue weighted by Crippen LogP contribution is -2.23. The summed E-state index contributed by atoms with van der Waals surface area (Å²) in [7, 11) is 1.69. The quantitative estimate of drug-likeness (QED) is 0.828. The molecule has 0 saturated heterocycles. The molecule has 1 aliphatic rings. The van der Waals surface area contributed by atoms with Crippen molar-refractivity contribution in [1.82, 2.24) is 0 Å². The van der Waals surface area contributed by atoms with Crippen LogP contribution in [-0.4, -0.2) is 19.8 Å². The van der Waals surface area contributed by atoms with Gasteiger partial charge in [0.2, 0.25) is 0 Å². The molecule has 1 aromatic rings. The fourth-order valence-electron chi connectivity index (χ4n) is 2.80. The smallest absolute Gasteiger partial charge is 0.124 e. The maximum absolute atomic E-state index is 6.24. The largest absolute Gasteiger partial charge is 0.496 e. The molecule has 0 spiro atoms. The summed E-state index contributed by atoms with van der Waals surface area (Å²) in [5, 5.41) is 0. The van der Waals surface area contributed by atoms with E-state index in [2.05, 4.69) is 0 Å². The van der Waals surface area contributed by atoms with Crippen molar-refractivity contribution in [2.24, 2.45) is 5.73 Å². The molecule has 2 N–H and O–H groups in total. The van der Waals surface area contributed by atoms with E-state index in [1.807, 2.05) is 24.3 Å². The molecule has 0 bridgehead atoms. The van der Waals surface area contributed by atoms with Crippen LogP contribution in [0.15, 0.2) is 24.3 Å². The Bertz CT molecular complexity index is 373. The molecule has 0 heterocycles. The molecular weight excluding hydrogens is 238 g/mol. The SMILES string of the molecule is COc1ccccc1C(CN)OC1CCCCCC1. The lowest BCUT2D eigenvalue weighted by Gasteiger charge is -2.24. The van der Waals surface area contributed by atoms with Crippen LogP contribution in [0.5, 0.6) is 5.75 Å². The van der Waals surface area contributed by atoms with Crippen LogP contribution in [0.25, 0.3) is 0 Å². The predicted molar refractivity (Wildman–Crippen MR) is 77.4 cm³/mol. The average molecular weight is 263 g/mol. The van der Waals surface area contributed by atoms with Gasteiger partial charge in [-0.05, 0) is 18.9 Å². The molecule has 19 heavy (non-hydrogen) atoms. The summed E-state index contributed by atoms with van der Waals surface area (Å²) in [5.74, 6) is 0.867. The Kier molecular flexibility index (Phi) is 5.67. The molecule has 1 aromatic carbocycles. The van der Waals surface area contributed by atoms with Crippen LogP contribution in [0.4, 0.5) is 0 Å². The zero-order chi connectivity index (χ0) is 13.5. The first-order chi connectivity index (χ1) is 9.35. The van der Waals surface area contributed by atoms with E-state index in [4.69, 9.17) is 15.2 Å². The minimum absolute atomic E-state index is 0.0563. The molecule has 1 atom stereocenters. The molecule has 3 nitrogen and oxygen atoms in total. The summed E-state index contributed by atoms with van der Waals surface area (Å²) >= 11 is 0. The standard InChI is InChI=1S/C16H25NO2/c1-18-15-11-7-6-10-14(15)16(12-17)19-13-8-4-2-3-5-9-13/h6-7,10-11,13,16H,2-5,8-9,12,17H2,1H3. The summed E-state index contributed by atoms with van der Waals surface area (Å²) in [6, 6.07) is 8.00. The van der Waals surface area contributed by atoms with Crippen LogP contribution in [0.3, 0.4) is 0 Å². The van der Waals surface area contributed by atoms with Gasteiger partial charge in [-0.15, -0.1) is 0 Å². The van der Waals surface area contributed by atoms with Crippen LogP contribution in [0, 0.1) is 0 Å². The third-order valence-corrected chi connectivity index (χ3v) is 3.86. The Morgan fingerprint density at radius 2 is 1.84 bits per heavy atom. The molecule has 1 aliphatic carbocycles. The van der Waals surface area contributed by atoms with Gasteiger partial charge in [-0.1, -0.05) is 43.9 Å². The van der Waals surface area contributed by atoms with Crippen LogP contribution in [-0.2, 0) is 4.74 Å². The van der Waals surface area contributed by atoms with Gasteiger partial charge in [0, 0.05) is 12.1 Å². The van der Waals surface area contributed by atoms with Gasteiger partial charge in [0.1, 0.15) is 5.75 Å². The van der Waals surface area contributed by atoms with E-state index < -0.39 is 0 Å². The summed E-state index contributed by atoms with van der Waals surface area (Å²) in [5.41, 5.74) is 6.97. The molecular formula is C16H25NO2. The topological polar surface area (TPSA) is 44.5 Å². The van der Waals surface area contributed by atoms with Gasteiger partial charge in [0.25, 0.3) is 0 Å². The van der Waals surface area contributed by atoms with Crippen molar-refractivity contribution in [2.75, 3.05) is 13.7 Å². The average Bonchev–Trinajstić information content (AvgIpc) is 2.73. The Labute approximate surface area is 116 Å². The normalized spacial score (nSPS) is 18.8. The summed E-state index contributed by atoms with van der Waals surface area (Å²) in [6.45, 7) is 0.497. The summed E-state index contributed by atoms with van der Waals surface area (Å²) in [6.07, 6.45) is 7.82. The lowest BCUT2D eigenvalue weighted by molar-refractivity contribution is -0.0170. The molecule has 1 saturated carbocycles. The minimum atomic E-state index is -0.0563. The molecule has 0 radical (unpaired) electrons. The maximum atomic E-state index is 6.24. The first kappa shape index (κ1) is 14.4. The van der Waals surface area contributed by atoms with Crippen molar-refractivity contribution in [3.8, 4) is 5.75 Å².